The van der Waals surface area contributed by atoms with E-state index in [2.05, 4.69) is 5.32 Å². The van der Waals surface area contributed by atoms with Gasteiger partial charge in [0, 0.05) is 5.02 Å². The Morgan fingerprint density at radius 1 is 1.46 bits per heavy atom. The van der Waals surface area contributed by atoms with Crippen LogP contribution in [-0.2, 0) is 24.0 Å². The van der Waals surface area contributed by atoms with Crippen LogP contribution in [0.3, 0.4) is 0 Å². The number of nitrogens with zero attached hydrogens (tertiary/aromatic N) is 1. The summed E-state index contributed by atoms with van der Waals surface area (Å²) in [5.41, 5.74) is 0.792. The monoisotopic (exact) mass is 428 g/mol. The van der Waals surface area contributed by atoms with E-state index in [0.717, 1.165) is 22.7 Å². The molecule has 3 rings (SSSR count). The summed E-state index contributed by atoms with van der Waals surface area (Å²) in [6, 6.07) is 6.38. The number of carbonyl (C=O) groups excluding carboxylic acids is 2. The maximum Gasteiger partial charge on any atom is 0.266 e. The number of rotatable bonds is 4. The number of carbonyl (C=O) groups is 2. The number of thiocarbonyl (C=S) groups is 1. The molecular weight excluding hydrogens is 416 g/mol. The topological polar surface area (TPSA) is 89.5 Å². The van der Waals surface area contributed by atoms with Crippen LogP contribution < -0.4 is 5.32 Å². The molecule has 2 heterocycles. The summed E-state index contributed by atoms with van der Waals surface area (Å²) >= 11 is 12.1. The lowest BCUT2D eigenvalue weighted by Gasteiger charge is -2.16. The SMILES string of the molecule is O=C(CN1C(=O)/C(=C\c2ccc(Cl)cc2)SC1=S)NC1C=C[S+](=O)([O-])C1. The van der Waals surface area contributed by atoms with Crippen molar-refractivity contribution in [2.75, 3.05) is 12.3 Å². The molecule has 2 aliphatic heterocycles. The number of hydrogen-bond acceptors (Lipinski definition) is 6. The minimum absolute atomic E-state index is 0.173. The first-order valence-electron chi connectivity index (χ1n) is 7.45. The standard InChI is InChI=1S/C16H13ClN2O4S3/c17-11-3-1-10(2-4-11)7-13-15(21)19(16(24)25-13)8-14(20)18-12-5-6-26(22,23)9-12/h1-7,12H,8-9H2,(H-,18,20,22,23)/b13-7+. The van der Waals surface area contributed by atoms with Crippen LogP contribution in [0.25, 0.3) is 6.08 Å². The second-order valence-electron chi connectivity index (χ2n) is 5.65. The van der Waals surface area contributed by atoms with Crippen molar-refractivity contribution >= 4 is 68.0 Å². The fraction of sp³-hybridized carbons (Fsp3) is 0.188. The molecule has 1 N–H and O–H groups in total. The number of nitrogens with one attached hydrogen (secondary N) is 1. The van der Waals surface area contributed by atoms with E-state index >= 15 is 0 Å². The number of benzene rings is 1. The van der Waals surface area contributed by atoms with E-state index in [-0.39, 0.29) is 22.5 Å². The van der Waals surface area contributed by atoms with Crippen molar-refractivity contribution < 1.29 is 18.4 Å². The second-order valence-corrected chi connectivity index (χ2v) is 9.69. The second kappa shape index (κ2) is 7.61. The van der Waals surface area contributed by atoms with E-state index in [4.69, 9.17) is 23.8 Å². The van der Waals surface area contributed by atoms with Crippen molar-refractivity contribution in [1.29, 1.82) is 0 Å². The average Bonchev–Trinajstić information content (AvgIpc) is 3.03. The Labute approximate surface area is 165 Å². The third-order valence-corrected chi connectivity index (χ3v) is 6.64. The summed E-state index contributed by atoms with van der Waals surface area (Å²) in [5, 5.41) is 4.24. The van der Waals surface area contributed by atoms with E-state index in [1.807, 2.05) is 0 Å². The first kappa shape index (κ1) is 19.2. The van der Waals surface area contributed by atoms with Gasteiger partial charge in [0.15, 0.2) is 0 Å². The first-order valence-corrected chi connectivity index (χ1v) is 10.8. The van der Waals surface area contributed by atoms with Crippen LogP contribution in [0.4, 0.5) is 0 Å². The molecule has 1 aromatic carbocycles. The van der Waals surface area contributed by atoms with Crippen LogP contribution in [0, 0.1) is 0 Å². The van der Waals surface area contributed by atoms with E-state index in [1.165, 1.54) is 11.0 Å². The van der Waals surface area contributed by atoms with Gasteiger partial charge in [0.1, 0.15) is 22.0 Å². The molecule has 1 saturated heterocycles. The molecule has 2 aliphatic rings. The molecule has 2 unspecified atom stereocenters. The van der Waals surface area contributed by atoms with Crippen molar-refractivity contribution in [3.8, 4) is 0 Å². The predicted molar refractivity (Wildman–Crippen MR) is 106 cm³/mol. The predicted octanol–water partition coefficient (Wildman–Crippen LogP) is 2.18. The van der Waals surface area contributed by atoms with Gasteiger partial charge in [-0.15, -0.1) is 4.21 Å². The zero-order valence-corrected chi connectivity index (χ0v) is 16.4. The summed E-state index contributed by atoms with van der Waals surface area (Å²) < 4.78 is 23.0. The fourth-order valence-corrected chi connectivity index (χ4v) is 5.02. The largest absolute Gasteiger partial charge is 0.610 e. The number of halogens is 1. The molecule has 1 fully saturated rings. The first-order chi connectivity index (χ1) is 12.2. The molecule has 0 saturated carbocycles. The zero-order chi connectivity index (χ0) is 18.9. The molecule has 0 aliphatic carbocycles. The molecular formula is C16H13ClN2O4S3. The molecule has 0 radical (unpaired) electrons. The molecule has 136 valence electrons. The molecule has 1 aromatic rings. The number of sulfone groups is 1. The fourth-order valence-electron chi connectivity index (χ4n) is 2.41. The molecule has 2 atom stereocenters. The molecule has 0 bridgehead atoms. The highest BCUT2D eigenvalue weighted by atomic mass is 35.5. The quantitative estimate of drug-likeness (QED) is 0.449. The third kappa shape index (κ3) is 4.60. The van der Waals surface area contributed by atoms with Crippen LogP contribution >= 0.6 is 35.6 Å². The summed E-state index contributed by atoms with van der Waals surface area (Å²) in [6.45, 7) is -0.257. The number of thioether (sulfide) groups is 1. The Morgan fingerprint density at radius 3 is 2.77 bits per heavy atom. The highest BCUT2D eigenvalue weighted by molar-refractivity contribution is 8.26. The molecule has 0 spiro atoms. The van der Waals surface area contributed by atoms with Gasteiger partial charge in [0.05, 0.1) is 21.2 Å². The number of hydrogen-bond donors (Lipinski definition) is 1. The Hall–Kier alpha value is -1.52. The molecule has 6 nitrogen and oxygen atoms in total. The molecule has 26 heavy (non-hydrogen) atoms. The maximum atomic E-state index is 12.5. The highest BCUT2D eigenvalue weighted by Crippen LogP contribution is 2.32. The van der Waals surface area contributed by atoms with E-state index in [1.54, 1.807) is 30.3 Å². The Balaban J connectivity index is 1.64. The van der Waals surface area contributed by atoms with Gasteiger partial charge in [-0.25, -0.2) is 0 Å². The van der Waals surface area contributed by atoms with Gasteiger partial charge in [-0.05, 0) is 29.8 Å². The molecule has 2 amide bonds. The maximum absolute atomic E-state index is 12.5. The van der Waals surface area contributed by atoms with Crippen molar-refractivity contribution in [3.05, 3.63) is 51.2 Å². The van der Waals surface area contributed by atoms with Gasteiger partial charge >= 0.3 is 0 Å². The minimum atomic E-state index is -3.26. The van der Waals surface area contributed by atoms with Gasteiger partial charge < -0.3 is 9.87 Å². The van der Waals surface area contributed by atoms with E-state index in [9.17, 15) is 18.4 Å². The Morgan fingerprint density at radius 2 is 2.15 bits per heavy atom. The molecule has 0 aromatic heterocycles. The van der Waals surface area contributed by atoms with Gasteiger partial charge in [-0.3, -0.25) is 14.5 Å². The van der Waals surface area contributed by atoms with Crippen LogP contribution in [0.5, 0.6) is 0 Å². The van der Waals surface area contributed by atoms with Crippen LogP contribution in [0.1, 0.15) is 5.56 Å². The van der Waals surface area contributed by atoms with Crippen LogP contribution in [-0.4, -0.2) is 43.9 Å². The summed E-state index contributed by atoms with van der Waals surface area (Å²) in [5.74, 6) is -1.01. The minimum Gasteiger partial charge on any atom is -0.610 e. The van der Waals surface area contributed by atoms with Crippen LogP contribution in [0.2, 0.25) is 5.02 Å². The smallest absolute Gasteiger partial charge is 0.266 e. The van der Waals surface area contributed by atoms with Gasteiger partial charge in [-0.2, -0.15) is 0 Å². The Bertz CT molecular complexity index is 882. The van der Waals surface area contributed by atoms with E-state index < -0.39 is 22.2 Å². The van der Waals surface area contributed by atoms with Crippen molar-refractivity contribution in [1.82, 2.24) is 10.2 Å². The van der Waals surface area contributed by atoms with Gasteiger partial charge in [0.25, 0.3) is 5.91 Å². The normalized spacial score (nSPS) is 26.8. The van der Waals surface area contributed by atoms with Gasteiger partial charge in [0.2, 0.25) is 5.91 Å². The summed E-state index contributed by atoms with van der Waals surface area (Å²) in [6.07, 6.45) is 3.10. The van der Waals surface area contributed by atoms with Crippen LogP contribution in [0.15, 0.2) is 40.7 Å². The lowest BCUT2D eigenvalue weighted by Crippen LogP contribution is -2.44. The lowest BCUT2D eigenvalue weighted by atomic mass is 10.2. The van der Waals surface area contributed by atoms with E-state index in [0.29, 0.717) is 9.93 Å². The highest BCUT2D eigenvalue weighted by Gasteiger charge is 2.34. The molecule has 10 heteroatoms. The average molecular weight is 429 g/mol. The number of amides is 2. The lowest BCUT2D eigenvalue weighted by molar-refractivity contribution is -0.128. The van der Waals surface area contributed by atoms with Crippen molar-refractivity contribution in [2.24, 2.45) is 0 Å². The van der Waals surface area contributed by atoms with Gasteiger partial charge in [-0.1, -0.05) is 47.7 Å². The summed E-state index contributed by atoms with van der Waals surface area (Å²) in [7, 11) is -3.26. The van der Waals surface area contributed by atoms with Crippen molar-refractivity contribution in [3.63, 3.8) is 0 Å². The Kier molecular flexibility index (Phi) is 5.64. The zero-order valence-electron chi connectivity index (χ0n) is 13.2. The van der Waals surface area contributed by atoms with Crippen molar-refractivity contribution in [2.45, 2.75) is 6.04 Å². The summed E-state index contributed by atoms with van der Waals surface area (Å²) in [4.78, 5) is 26.2. The third-order valence-electron chi connectivity index (χ3n) is 3.62.